The van der Waals surface area contributed by atoms with Crippen LogP contribution < -0.4 is 10.5 Å². The smallest absolute Gasteiger partial charge is 0.307 e. The van der Waals surface area contributed by atoms with E-state index in [1.165, 1.54) is 7.11 Å². The maximum Gasteiger partial charge on any atom is 0.307 e. The number of methoxy groups -OCH3 is 1. The number of aromatic hydroxyl groups is 1. The summed E-state index contributed by atoms with van der Waals surface area (Å²) in [6.45, 7) is 1.85. The summed E-state index contributed by atoms with van der Waals surface area (Å²) in [5, 5.41) is 20.7. The lowest BCUT2D eigenvalue weighted by Crippen LogP contribution is -2.17. The minimum atomic E-state index is -0.928. The largest absolute Gasteiger partial charge is 0.504 e. The number of benzene rings is 1. The van der Waals surface area contributed by atoms with Crippen molar-refractivity contribution in [3.8, 4) is 11.5 Å². The Morgan fingerprint density at radius 2 is 2.14 bits per heavy atom. The van der Waals surface area contributed by atoms with E-state index in [-0.39, 0.29) is 48.2 Å². The molecule has 0 unspecified atom stereocenters. The van der Waals surface area contributed by atoms with Crippen molar-refractivity contribution in [1.29, 1.82) is 0 Å². The van der Waals surface area contributed by atoms with Crippen molar-refractivity contribution in [3.63, 3.8) is 0 Å². The van der Waals surface area contributed by atoms with Crippen LogP contribution in [0.3, 0.4) is 0 Å². The van der Waals surface area contributed by atoms with Crippen LogP contribution in [-0.4, -0.2) is 29.7 Å². The van der Waals surface area contributed by atoms with E-state index in [2.05, 4.69) is 0 Å². The summed E-state index contributed by atoms with van der Waals surface area (Å²) in [7, 11) is 1.26. The fraction of sp³-hybridized carbons (Fsp3) is 0.417. The molecule has 1 aromatic carbocycles. The monoisotopic (exact) mass is 320 g/mol. The number of phenolic OH excluding ortho intramolecular Hbond substituents is 1. The lowest BCUT2D eigenvalue weighted by atomic mass is 10.0. The Labute approximate surface area is 127 Å². The zero-order valence-electron chi connectivity index (χ0n) is 11.6. The standard InChI is InChI=1S/C12H16N2O6.ClH/c1-3-20-11(15)6-9(13)8-4-7(14(17)18)5-10(19-2)12(8)16;/h4-5,9,16H,3,6,13H2,1-2H3;1H/t9-;/m0./s1. The van der Waals surface area contributed by atoms with E-state index in [9.17, 15) is 20.0 Å². The van der Waals surface area contributed by atoms with Gasteiger partial charge in [0.25, 0.3) is 5.69 Å². The minimum absolute atomic E-state index is 0. The second kappa shape index (κ2) is 8.28. The van der Waals surface area contributed by atoms with Gasteiger partial charge in [-0.2, -0.15) is 0 Å². The van der Waals surface area contributed by atoms with Crippen molar-refractivity contribution in [2.75, 3.05) is 13.7 Å². The van der Waals surface area contributed by atoms with Crippen LogP contribution in [0.4, 0.5) is 5.69 Å². The SMILES string of the molecule is CCOC(=O)C[C@H](N)c1cc([N+](=O)[O-])cc(OC)c1O.Cl. The van der Waals surface area contributed by atoms with Crippen LogP contribution in [0.25, 0.3) is 0 Å². The topological polar surface area (TPSA) is 125 Å². The second-order valence-electron chi connectivity index (χ2n) is 3.96. The highest BCUT2D eigenvalue weighted by atomic mass is 35.5. The molecule has 1 rings (SSSR count). The highest BCUT2D eigenvalue weighted by molar-refractivity contribution is 5.85. The Kier molecular flexibility index (Phi) is 7.46. The van der Waals surface area contributed by atoms with Crippen molar-refractivity contribution < 1.29 is 24.3 Å². The Hall–Kier alpha value is -2.06. The molecule has 0 aliphatic carbocycles. The third-order valence-electron chi connectivity index (χ3n) is 2.61. The number of carbonyl (C=O) groups is 1. The van der Waals surface area contributed by atoms with Gasteiger partial charge < -0.3 is 20.3 Å². The number of nitrogens with zero attached hydrogens (tertiary/aromatic N) is 1. The molecule has 0 amide bonds. The Bertz CT molecular complexity index is 523. The maximum absolute atomic E-state index is 11.4. The maximum atomic E-state index is 11.4. The summed E-state index contributed by atoms with van der Waals surface area (Å²) in [6, 6.07) is 1.26. The Morgan fingerprint density at radius 3 is 2.62 bits per heavy atom. The fourth-order valence-electron chi connectivity index (χ4n) is 1.67. The first-order chi connectivity index (χ1) is 9.40. The van der Waals surface area contributed by atoms with Crippen LogP contribution in [0, 0.1) is 10.1 Å². The van der Waals surface area contributed by atoms with Crippen molar-refractivity contribution in [2.24, 2.45) is 5.73 Å². The second-order valence-corrected chi connectivity index (χ2v) is 3.96. The number of hydrogen-bond donors (Lipinski definition) is 2. The molecule has 3 N–H and O–H groups in total. The van der Waals surface area contributed by atoms with Crippen LogP contribution in [0.5, 0.6) is 11.5 Å². The summed E-state index contributed by atoms with van der Waals surface area (Å²) in [5.41, 5.74) is 5.56. The molecule has 0 bridgehead atoms. The van der Waals surface area contributed by atoms with Gasteiger partial charge in [-0.05, 0) is 6.92 Å². The Morgan fingerprint density at radius 1 is 1.52 bits per heavy atom. The molecule has 0 aromatic heterocycles. The molecule has 0 spiro atoms. The van der Waals surface area contributed by atoms with Crippen molar-refractivity contribution >= 4 is 24.1 Å². The average molecular weight is 321 g/mol. The van der Waals surface area contributed by atoms with E-state index in [0.29, 0.717) is 0 Å². The number of esters is 1. The van der Waals surface area contributed by atoms with Crippen LogP contribution in [0.2, 0.25) is 0 Å². The highest BCUT2D eigenvalue weighted by Gasteiger charge is 2.23. The molecule has 0 radical (unpaired) electrons. The fourth-order valence-corrected chi connectivity index (χ4v) is 1.67. The van der Waals surface area contributed by atoms with E-state index >= 15 is 0 Å². The van der Waals surface area contributed by atoms with Gasteiger partial charge in [0.05, 0.1) is 31.1 Å². The molecule has 8 nitrogen and oxygen atoms in total. The van der Waals surface area contributed by atoms with E-state index in [4.69, 9.17) is 15.2 Å². The summed E-state index contributed by atoms with van der Waals surface area (Å²) in [4.78, 5) is 21.5. The molecule has 118 valence electrons. The van der Waals surface area contributed by atoms with Crippen molar-refractivity contribution in [1.82, 2.24) is 0 Å². The number of non-ortho nitro benzene ring substituents is 1. The van der Waals surface area contributed by atoms with Gasteiger partial charge in [0.1, 0.15) is 0 Å². The third kappa shape index (κ3) is 4.76. The Balaban J connectivity index is 0.00000400. The first-order valence-corrected chi connectivity index (χ1v) is 5.87. The molecule has 0 aliphatic rings. The molecule has 0 saturated heterocycles. The molecule has 1 atom stereocenters. The zero-order valence-corrected chi connectivity index (χ0v) is 12.4. The van der Waals surface area contributed by atoms with Gasteiger partial charge in [-0.1, -0.05) is 0 Å². The number of hydrogen-bond acceptors (Lipinski definition) is 7. The summed E-state index contributed by atoms with van der Waals surface area (Å²) in [5.74, 6) is -0.951. The van der Waals surface area contributed by atoms with Crippen LogP contribution in [0.1, 0.15) is 24.9 Å². The minimum Gasteiger partial charge on any atom is -0.504 e. The number of ether oxygens (including phenoxy) is 2. The predicted octanol–water partition coefficient (Wildman–Crippen LogP) is 1.68. The molecule has 9 heteroatoms. The molecule has 1 aromatic rings. The molecular formula is C12H17ClN2O6. The predicted molar refractivity (Wildman–Crippen MR) is 76.7 cm³/mol. The molecule has 0 aliphatic heterocycles. The summed E-state index contributed by atoms with van der Waals surface area (Å²) in [6.07, 6.45) is -0.203. The molecule has 0 fully saturated rings. The number of nitro groups is 1. The van der Waals surface area contributed by atoms with E-state index in [1.54, 1.807) is 6.92 Å². The molecule has 0 saturated carbocycles. The lowest BCUT2D eigenvalue weighted by molar-refractivity contribution is -0.385. The normalized spacial score (nSPS) is 11.2. The van der Waals surface area contributed by atoms with Crippen LogP contribution in [-0.2, 0) is 9.53 Å². The average Bonchev–Trinajstić information content (AvgIpc) is 2.38. The van der Waals surface area contributed by atoms with E-state index < -0.39 is 16.9 Å². The number of nitrogens with two attached hydrogens (primary N) is 1. The number of carbonyl (C=O) groups excluding carboxylic acids is 1. The molecule has 21 heavy (non-hydrogen) atoms. The van der Waals surface area contributed by atoms with E-state index in [0.717, 1.165) is 12.1 Å². The number of phenols is 1. The van der Waals surface area contributed by atoms with Crippen molar-refractivity contribution in [2.45, 2.75) is 19.4 Å². The van der Waals surface area contributed by atoms with Crippen LogP contribution >= 0.6 is 12.4 Å². The zero-order chi connectivity index (χ0) is 15.3. The summed E-state index contributed by atoms with van der Waals surface area (Å²) >= 11 is 0. The first-order valence-electron chi connectivity index (χ1n) is 5.87. The van der Waals surface area contributed by atoms with Crippen LogP contribution in [0.15, 0.2) is 12.1 Å². The van der Waals surface area contributed by atoms with Gasteiger partial charge in [0.15, 0.2) is 11.5 Å². The van der Waals surface area contributed by atoms with E-state index in [1.807, 2.05) is 0 Å². The van der Waals surface area contributed by atoms with Gasteiger partial charge >= 0.3 is 5.97 Å². The lowest BCUT2D eigenvalue weighted by Gasteiger charge is -2.14. The quantitative estimate of drug-likeness (QED) is 0.464. The molecule has 0 heterocycles. The number of halogens is 1. The van der Waals surface area contributed by atoms with Gasteiger partial charge in [0, 0.05) is 17.7 Å². The van der Waals surface area contributed by atoms with Crippen molar-refractivity contribution in [3.05, 3.63) is 27.8 Å². The summed E-state index contributed by atoms with van der Waals surface area (Å²) < 4.78 is 9.60. The van der Waals surface area contributed by atoms with Gasteiger partial charge in [-0.15, -0.1) is 12.4 Å². The number of rotatable bonds is 6. The highest BCUT2D eigenvalue weighted by Crippen LogP contribution is 2.37. The number of nitro benzene ring substituents is 1. The first kappa shape index (κ1) is 18.9. The van der Waals surface area contributed by atoms with Gasteiger partial charge in [0.2, 0.25) is 0 Å². The molecular weight excluding hydrogens is 304 g/mol. The van der Waals surface area contributed by atoms with Gasteiger partial charge in [-0.3, -0.25) is 14.9 Å². The van der Waals surface area contributed by atoms with Gasteiger partial charge in [-0.25, -0.2) is 0 Å². The third-order valence-corrected chi connectivity index (χ3v) is 2.61.